The summed E-state index contributed by atoms with van der Waals surface area (Å²) in [6.07, 6.45) is -2.80. The third-order valence-electron chi connectivity index (χ3n) is 2.26. The van der Waals surface area contributed by atoms with Crippen LogP contribution in [0.3, 0.4) is 0 Å². The first-order valence-electron chi connectivity index (χ1n) is 5.07. The predicted octanol–water partition coefficient (Wildman–Crippen LogP) is 5.19. The molecule has 1 aromatic carbocycles. The highest BCUT2D eigenvalue weighted by atomic mass is 79.9. The Bertz CT molecular complexity index is 586. The minimum atomic E-state index is -4.38. The van der Waals surface area contributed by atoms with Gasteiger partial charge < -0.3 is 5.32 Å². The van der Waals surface area contributed by atoms with Gasteiger partial charge in [0.05, 0.1) is 12.1 Å². The van der Waals surface area contributed by atoms with Crippen molar-refractivity contribution < 1.29 is 13.2 Å². The number of alkyl halides is 3. The van der Waals surface area contributed by atoms with E-state index in [-0.39, 0.29) is 4.47 Å². The third-order valence-corrected chi connectivity index (χ3v) is 4.07. The molecule has 1 heterocycles. The summed E-state index contributed by atoms with van der Waals surface area (Å²) in [6.45, 7) is 0.378. The molecule has 0 aliphatic carbocycles. The van der Waals surface area contributed by atoms with E-state index in [1.807, 2.05) is 0 Å². The molecule has 2 aromatic rings. The number of hydrogen-bond acceptors (Lipinski definition) is 3. The smallest absolute Gasteiger partial charge is 0.380 e. The Kier molecular flexibility index (Phi) is 4.37. The van der Waals surface area contributed by atoms with E-state index in [9.17, 15) is 13.2 Å². The highest BCUT2D eigenvalue weighted by Crippen LogP contribution is 2.36. The standard InChI is InChI=1S/C11H7BrClF3N2S/c12-9-2-1-6(3-8(9)11(14,15)16)17-4-7-5-18-10(13)19-7/h1-3,5,17H,4H2. The molecule has 0 saturated heterocycles. The first kappa shape index (κ1) is 14.6. The topological polar surface area (TPSA) is 24.9 Å². The van der Waals surface area contributed by atoms with Crippen molar-refractivity contribution in [2.45, 2.75) is 12.7 Å². The quantitative estimate of drug-likeness (QED) is 0.803. The average molecular weight is 372 g/mol. The lowest BCUT2D eigenvalue weighted by Crippen LogP contribution is -2.07. The molecule has 0 aliphatic rings. The van der Waals surface area contributed by atoms with Crippen molar-refractivity contribution >= 4 is 44.6 Å². The maximum atomic E-state index is 12.7. The largest absolute Gasteiger partial charge is 0.417 e. The van der Waals surface area contributed by atoms with Crippen LogP contribution >= 0.6 is 38.9 Å². The van der Waals surface area contributed by atoms with E-state index in [2.05, 4.69) is 26.2 Å². The van der Waals surface area contributed by atoms with Crippen LogP contribution in [-0.2, 0) is 12.7 Å². The van der Waals surface area contributed by atoms with Gasteiger partial charge in [0.15, 0.2) is 4.47 Å². The van der Waals surface area contributed by atoms with Crippen LogP contribution in [0.1, 0.15) is 10.4 Å². The van der Waals surface area contributed by atoms with Crippen LogP contribution in [0.5, 0.6) is 0 Å². The number of aromatic nitrogens is 1. The fourth-order valence-corrected chi connectivity index (χ4v) is 2.80. The number of thiazole rings is 1. The molecule has 2 rings (SSSR count). The fraction of sp³-hybridized carbons (Fsp3) is 0.182. The molecule has 0 atom stereocenters. The van der Waals surface area contributed by atoms with E-state index in [1.165, 1.54) is 17.4 Å². The summed E-state index contributed by atoms with van der Waals surface area (Å²) < 4.78 is 38.6. The van der Waals surface area contributed by atoms with Crippen LogP contribution in [0.4, 0.5) is 18.9 Å². The lowest BCUT2D eigenvalue weighted by Gasteiger charge is -2.12. The molecule has 0 radical (unpaired) electrons. The molecule has 0 bridgehead atoms. The number of anilines is 1. The van der Waals surface area contributed by atoms with Crippen LogP contribution in [0.2, 0.25) is 4.47 Å². The summed E-state index contributed by atoms with van der Waals surface area (Å²) in [5, 5.41) is 2.90. The number of halogens is 5. The zero-order valence-corrected chi connectivity index (χ0v) is 12.4. The van der Waals surface area contributed by atoms with Gasteiger partial charge in [0.2, 0.25) is 0 Å². The van der Waals surface area contributed by atoms with E-state index in [0.29, 0.717) is 16.7 Å². The van der Waals surface area contributed by atoms with Crippen LogP contribution in [0.15, 0.2) is 28.9 Å². The molecule has 0 unspecified atom stereocenters. The van der Waals surface area contributed by atoms with E-state index in [0.717, 1.165) is 10.9 Å². The van der Waals surface area contributed by atoms with Crippen molar-refractivity contribution in [2.24, 2.45) is 0 Å². The van der Waals surface area contributed by atoms with Gasteiger partial charge in [0, 0.05) is 21.2 Å². The Hall–Kier alpha value is -0.790. The summed E-state index contributed by atoms with van der Waals surface area (Å²) in [7, 11) is 0. The first-order valence-corrected chi connectivity index (χ1v) is 7.06. The summed E-state index contributed by atoms with van der Waals surface area (Å²) in [5.41, 5.74) is -0.320. The van der Waals surface area contributed by atoms with Crippen molar-refractivity contribution in [3.63, 3.8) is 0 Å². The number of nitrogens with zero attached hydrogens (tertiary/aromatic N) is 1. The maximum absolute atomic E-state index is 12.7. The first-order chi connectivity index (χ1) is 8.86. The molecule has 8 heteroatoms. The minimum Gasteiger partial charge on any atom is -0.380 e. The maximum Gasteiger partial charge on any atom is 0.417 e. The van der Waals surface area contributed by atoms with Crippen molar-refractivity contribution in [1.29, 1.82) is 0 Å². The molecule has 102 valence electrons. The zero-order chi connectivity index (χ0) is 14.0. The Morgan fingerprint density at radius 3 is 2.68 bits per heavy atom. The highest BCUT2D eigenvalue weighted by Gasteiger charge is 2.33. The van der Waals surface area contributed by atoms with Gasteiger partial charge in [-0.15, -0.1) is 11.3 Å². The van der Waals surface area contributed by atoms with Gasteiger partial charge in [-0.3, -0.25) is 0 Å². The molecule has 1 aromatic heterocycles. The molecule has 0 aliphatic heterocycles. The van der Waals surface area contributed by atoms with E-state index >= 15 is 0 Å². The van der Waals surface area contributed by atoms with Crippen LogP contribution < -0.4 is 5.32 Å². The second-order valence-electron chi connectivity index (χ2n) is 3.63. The molecular weight excluding hydrogens is 365 g/mol. The SMILES string of the molecule is FC(F)(F)c1cc(NCc2cnc(Cl)s2)ccc1Br. The van der Waals surface area contributed by atoms with Crippen LogP contribution in [0, 0.1) is 0 Å². The van der Waals surface area contributed by atoms with E-state index in [1.54, 1.807) is 12.3 Å². The van der Waals surface area contributed by atoms with Crippen LogP contribution in [-0.4, -0.2) is 4.98 Å². The minimum absolute atomic E-state index is 0.0198. The molecule has 19 heavy (non-hydrogen) atoms. The zero-order valence-electron chi connectivity index (χ0n) is 9.26. The predicted molar refractivity (Wildman–Crippen MR) is 73.6 cm³/mol. The molecule has 0 saturated carbocycles. The van der Waals surface area contributed by atoms with Crippen molar-refractivity contribution in [2.75, 3.05) is 5.32 Å². The van der Waals surface area contributed by atoms with Crippen LogP contribution in [0.25, 0.3) is 0 Å². The second-order valence-corrected chi connectivity index (χ2v) is 6.18. The average Bonchev–Trinajstić information content (AvgIpc) is 2.72. The Balaban J connectivity index is 2.13. The molecule has 0 fully saturated rings. The normalized spacial score (nSPS) is 11.6. The van der Waals surface area contributed by atoms with Gasteiger partial charge in [0.25, 0.3) is 0 Å². The highest BCUT2D eigenvalue weighted by molar-refractivity contribution is 9.10. The van der Waals surface area contributed by atoms with Gasteiger partial charge in [-0.1, -0.05) is 27.5 Å². The number of rotatable bonds is 3. The molecule has 2 nitrogen and oxygen atoms in total. The lowest BCUT2D eigenvalue weighted by atomic mass is 10.2. The number of hydrogen-bond donors (Lipinski definition) is 1. The molecule has 1 N–H and O–H groups in total. The van der Waals surface area contributed by atoms with E-state index < -0.39 is 11.7 Å². The van der Waals surface area contributed by atoms with E-state index in [4.69, 9.17) is 11.6 Å². The second kappa shape index (κ2) is 5.68. The Morgan fingerprint density at radius 1 is 1.37 bits per heavy atom. The molecule has 0 amide bonds. The fourth-order valence-electron chi connectivity index (χ4n) is 1.41. The Morgan fingerprint density at radius 2 is 2.11 bits per heavy atom. The number of nitrogens with one attached hydrogen (secondary N) is 1. The van der Waals surface area contributed by atoms with Gasteiger partial charge >= 0.3 is 6.18 Å². The molecular formula is C11H7BrClF3N2S. The van der Waals surface area contributed by atoms with Crippen molar-refractivity contribution in [1.82, 2.24) is 4.98 Å². The lowest BCUT2D eigenvalue weighted by molar-refractivity contribution is -0.138. The summed E-state index contributed by atoms with van der Waals surface area (Å²) in [4.78, 5) is 4.70. The number of benzene rings is 1. The van der Waals surface area contributed by atoms with Gasteiger partial charge in [0.1, 0.15) is 0 Å². The van der Waals surface area contributed by atoms with Gasteiger partial charge in [-0.2, -0.15) is 13.2 Å². The van der Waals surface area contributed by atoms with Gasteiger partial charge in [-0.25, -0.2) is 4.98 Å². The third kappa shape index (κ3) is 3.84. The monoisotopic (exact) mass is 370 g/mol. The summed E-state index contributed by atoms with van der Waals surface area (Å²) in [5.74, 6) is 0. The summed E-state index contributed by atoms with van der Waals surface area (Å²) >= 11 is 9.85. The van der Waals surface area contributed by atoms with Crippen molar-refractivity contribution in [3.05, 3.63) is 43.8 Å². The summed E-state index contributed by atoms with van der Waals surface area (Å²) in [6, 6.07) is 4.00. The van der Waals surface area contributed by atoms with Crippen molar-refractivity contribution in [3.8, 4) is 0 Å². The van der Waals surface area contributed by atoms with Gasteiger partial charge in [-0.05, 0) is 18.2 Å². The molecule has 0 spiro atoms. The Labute approximate surface area is 124 Å².